The standard InChI is InChI=1S/C9H17N5O/c1-9(2,3)8(10)6(15)5-7-11-13-14(4)12-7/h8H,5,10H2,1-4H3. The number of aromatic nitrogens is 4. The van der Waals surface area contributed by atoms with Crippen molar-refractivity contribution in [1.29, 1.82) is 0 Å². The molecule has 0 bridgehead atoms. The number of hydrogen-bond donors (Lipinski definition) is 1. The number of rotatable bonds is 3. The van der Waals surface area contributed by atoms with Crippen molar-refractivity contribution in [3.8, 4) is 0 Å². The molecule has 0 saturated carbocycles. The van der Waals surface area contributed by atoms with Crippen molar-refractivity contribution in [3.05, 3.63) is 5.82 Å². The van der Waals surface area contributed by atoms with Crippen LogP contribution in [0.1, 0.15) is 26.6 Å². The van der Waals surface area contributed by atoms with Gasteiger partial charge in [0, 0.05) is 0 Å². The van der Waals surface area contributed by atoms with Crippen LogP contribution in [0.5, 0.6) is 0 Å². The second-order valence-corrected chi connectivity index (χ2v) is 4.68. The third kappa shape index (κ3) is 3.09. The van der Waals surface area contributed by atoms with E-state index in [2.05, 4.69) is 15.4 Å². The largest absolute Gasteiger partial charge is 0.321 e. The topological polar surface area (TPSA) is 86.7 Å². The molecule has 1 aromatic heterocycles. The van der Waals surface area contributed by atoms with Gasteiger partial charge in [-0.2, -0.15) is 4.80 Å². The zero-order valence-corrected chi connectivity index (χ0v) is 9.56. The Kier molecular flexibility index (Phi) is 3.18. The van der Waals surface area contributed by atoms with Crippen molar-refractivity contribution in [2.24, 2.45) is 18.2 Å². The minimum atomic E-state index is -0.499. The van der Waals surface area contributed by atoms with Gasteiger partial charge in [0.1, 0.15) is 0 Å². The second kappa shape index (κ2) is 4.06. The molecule has 1 unspecified atom stereocenters. The van der Waals surface area contributed by atoms with Crippen LogP contribution in [-0.2, 0) is 18.3 Å². The van der Waals surface area contributed by atoms with Gasteiger partial charge in [-0.05, 0) is 10.6 Å². The molecule has 0 saturated heterocycles. The Hall–Kier alpha value is -1.30. The van der Waals surface area contributed by atoms with Crippen LogP contribution in [0.15, 0.2) is 0 Å². The SMILES string of the molecule is Cn1nnc(CC(=O)C(N)C(C)(C)C)n1. The molecular weight excluding hydrogens is 194 g/mol. The van der Waals surface area contributed by atoms with Crippen molar-refractivity contribution in [3.63, 3.8) is 0 Å². The molecule has 1 rings (SSSR count). The smallest absolute Gasteiger partial charge is 0.182 e. The first-order valence-corrected chi connectivity index (χ1v) is 4.82. The van der Waals surface area contributed by atoms with Crippen LogP contribution >= 0.6 is 0 Å². The first kappa shape index (κ1) is 11.8. The Morgan fingerprint density at radius 1 is 1.53 bits per heavy atom. The number of carbonyl (C=O) groups is 1. The molecule has 0 fully saturated rings. The third-order valence-corrected chi connectivity index (χ3v) is 2.16. The maximum Gasteiger partial charge on any atom is 0.182 e. The molecule has 84 valence electrons. The van der Waals surface area contributed by atoms with Crippen LogP contribution in [0.25, 0.3) is 0 Å². The number of aryl methyl sites for hydroxylation is 1. The fourth-order valence-corrected chi connectivity index (χ4v) is 1.14. The van der Waals surface area contributed by atoms with Crippen molar-refractivity contribution in [2.75, 3.05) is 0 Å². The van der Waals surface area contributed by atoms with Gasteiger partial charge in [0.15, 0.2) is 11.6 Å². The van der Waals surface area contributed by atoms with E-state index < -0.39 is 6.04 Å². The molecule has 0 spiro atoms. The van der Waals surface area contributed by atoms with E-state index in [1.807, 2.05) is 20.8 Å². The normalized spacial score (nSPS) is 13.9. The van der Waals surface area contributed by atoms with Crippen molar-refractivity contribution < 1.29 is 4.79 Å². The number of ketones is 1. The van der Waals surface area contributed by atoms with Gasteiger partial charge in [-0.25, -0.2) is 0 Å². The predicted molar refractivity (Wildman–Crippen MR) is 54.9 cm³/mol. The van der Waals surface area contributed by atoms with Gasteiger partial charge in [-0.15, -0.1) is 10.2 Å². The van der Waals surface area contributed by atoms with E-state index in [9.17, 15) is 4.79 Å². The fourth-order valence-electron chi connectivity index (χ4n) is 1.14. The minimum absolute atomic E-state index is 0.0597. The van der Waals surface area contributed by atoms with Gasteiger partial charge in [0.05, 0.1) is 19.5 Å². The van der Waals surface area contributed by atoms with Crippen LogP contribution in [-0.4, -0.2) is 32.0 Å². The van der Waals surface area contributed by atoms with Crippen molar-refractivity contribution >= 4 is 5.78 Å². The molecule has 1 atom stereocenters. The first-order valence-electron chi connectivity index (χ1n) is 4.82. The van der Waals surface area contributed by atoms with E-state index in [1.54, 1.807) is 7.05 Å². The highest BCUT2D eigenvalue weighted by atomic mass is 16.1. The number of nitrogens with two attached hydrogens (primary N) is 1. The lowest BCUT2D eigenvalue weighted by molar-refractivity contribution is -0.121. The second-order valence-electron chi connectivity index (χ2n) is 4.68. The number of tetrazole rings is 1. The summed E-state index contributed by atoms with van der Waals surface area (Å²) in [4.78, 5) is 13.1. The van der Waals surface area contributed by atoms with Crippen LogP contribution < -0.4 is 5.73 Å². The molecule has 2 N–H and O–H groups in total. The zero-order chi connectivity index (χ0) is 11.6. The number of Topliss-reactive ketones (excluding diaryl/α,β-unsaturated/α-hetero) is 1. The Bertz CT molecular complexity index is 352. The average Bonchev–Trinajstić information content (AvgIpc) is 2.48. The maximum atomic E-state index is 11.7. The molecule has 1 aromatic rings. The van der Waals surface area contributed by atoms with E-state index in [0.29, 0.717) is 5.82 Å². The number of carbonyl (C=O) groups excluding carboxylic acids is 1. The van der Waals surface area contributed by atoms with Crippen molar-refractivity contribution in [1.82, 2.24) is 20.2 Å². The van der Waals surface area contributed by atoms with Gasteiger partial charge >= 0.3 is 0 Å². The van der Waals surface area contributed by atoms with Gasteiger partial charge < -0.3 is 5.73 Å². The highest BCUT2D eigenvalue weighted by molar-refractivity contribution is 5.85. The molecule has 6 heteroatoms. The molecule has 1 heterocycles. The Balaban J connectivity index is 2.64. The summed E-state index contributed by atoms with van der Waals surface area (Å²) in [6.07, 6.45) is 0.145. The maximum absolute atomic E-state index is 11.7. The molecule has 0 aliphatic carbocycles. The van der Waals surface area contributed by atoms with Crippen LogP contribution in [0.3, 0.4) is 0 Å². The summed E-state index contributed by atoms with van der Waals surface area (Å²) >= 11 is 0. The summed E-state index contributed by atoms with van der Waals surface area (Å²) in [5.74, 6) is 0.359. The molecule has 6 nitrogen and oxygen atoms in total. The van der Waals surface area contributed by atoms with Crippen LogP contribution in [0, 0.1) is 5.41 Å². The van der Waals surface area contributed by atoms with E-state index in [1.165, 1.54) is 4.80 Å². The highest BCUT2D eigenvalue weighted by Crippen LogP contribution is 2.18. The van der Waals surface area contributed by atoms with Gasteiger partial charge in [-0.1, -0.05) is 20.8 Å². The highest BCUT2D eigenvalue weighted by Gasteiger charge is 2.28. The fraction of sp³-hybridized carbons (Fsp3) is 0.778. The van der Waals surface area contributed by atoms with E-state index >= 15 is 0 Å². The first-order chi connectivity index (χ1) is 6.80. The number of hydrogen-bond acceptors (Lipinski definition) is 5. The molecule has 0 radical (unpaired) electrons. The summed E-state index contributed by atoms with van der Waals surface area (Å²) in [6.45, 7) is 5.79. The number of nitrogens with zero attached hydrogens (tertiary/aromatic N) is 4. The molecule has 0 aromatic carbocycles. The Morgan fingerprint density at radius 2 is 2.13 bits per heavy atom. The van der Waals surface area contributed by atoms with E-state index in [0.717, 1.165) is 0 Å². The predicted octanol–water partition coefficient (Wildman–Crippen LogP) is -0.305. The van der Waals surface area contributed by atoms with E-state index in [4.69, 9.17) is 5.73 Å². The van der Waals surface area contributed by atoms with Gasteiger partial charge in [0.2, 0.25) is 0 Å². The summed E-state index contributed by atoms with van der Waals surface area (Å²) in [7, 11) is 1.66. The summed E-state index contributed by atoms with van der Waals surface area (Å²) in [5, 5.41) is 11.3. The molecule has 0 amide bonds. The lowest BCUT2D eigenvalue weighted by Crippen LogP contribution is -2.43. The third-order valence-electron chi connectivity index (χ3n) is 2.16. The van der Waals surface area contributed by atoms with Gasteiger partial charge in [-0.3, -0.25) is 4.79 Å². The Labute approximate surface area is 88.8 Å². The summed E-state index contributed by atoms with van der Waals surface area (Å²) < 4.78 is 0. The monoisotopic (exact) mass is 211 g/mol. The minimum Gasteiger partial charge on any atom is -0.321 e. The molecule has 0 aliphatic rings. The van der Waals surface area contributed by atoms with Crippen molar-refractivity contribution in [2.45, 2.75) is 33.2 Å². The quantitative estimate of drug-likeness (QED) is 0.741. The van der Waals surface area contributed by atoms with E-state index in [-0.39, 0.29) is 17.6 Å². The Morgan fingerprint density at radius 3 is 2.53 bits per heavy atom. The lowest BCUT2D eigenvalue weighted by atomic mass is 9.84. The van der Waals surface area contributed by atoms with Crippen LogP contribution in [0.2, 0.25) is 0 Å². The zero-order valence-electron chi connectivity index (χ0n) is 9.56. The van der Waals surface area contributed by atoms with Gasteiger partial charge in [0.25, 0.3) is 0 Å². The molecule has 15 heavy (non-hydrogen) atoms. The summed E-state index contributed by atoms with van der Waals surface area (Å²) in [5.41, 5.74) is 5.58. The average molecular weight is 211 g/mol. The molecule has 0 aliphatic heterocycles. The molecular formula is C9H17N5O. The summed E-state index contributed by atoms with van der Waals surface area (Å²) in [6, 6.07) is -0.499. The lowest BCUT2D eigenvalue weighted by Gasteiger charge is -2.25. The van der Waals surface area contributed by atoms with Crippen LogP contribution in [0.4, 0.5) is 0 Å².